The van der Waals surface area contributed by atoms with Crippen LogP contribution < -0.4 is 0 Å². The molecule has 9 N–H and O–H groups in total. The van der Waals surface area contributed by atoms with Gasteiger partial charge in [-0.3, -0.25) is 0 Å². The summed E-state index contributed by atoms with van der Waals surface area (Å²) in [5.74, 6) is 2.63. The first-order valence-corrected chi connectivity index (χ1v) is 19.8. The largest absolute Gasteiger partial charge is 0.494 e. The van der Waals surface area contributed by atoms with Crippen molar-refractivity contribution >= 4 is 0 Å². The molecule has 7 aliphatic rings. The average Bonchev–Trinajstić information content (AvgIpc) is 3.62. The van der Waals surface area contributed by atoms with E-state index in [0.29, 0.717) is 36.5 Å². The number of rotatable bonds is 10. The molecule has 20 atom stereocenters. The van der Waals surface area contributed by atoms with Crippen LogP contribution in [0.3, 0.4) is 0 Å². The van der Waals surface area contributed by atoms with Gasteiger partial charge in [-0.2, -0.15) is 0 Å². The lowest BCUT2D eigenvalue weighted by molar-refractivity contribution is -0.315. The third-order valence-corrected chi connectivity index (χ3v) is 14.8. The topological polar surface area (TPSA) is 228 Å². The van der Waals surface area contributed by atoms with Crippen LogP contribution in [0.5, 0.6) is 0 Å². The van der Waals surface area contributed by atoms with Crippen molar-refractivity contribution in [3.8, 4) is 0 Å². The molecule has 2 unspecified atom stereocenters. The van der Waals surface area contributed by atoms with E-state index in [2.05, 4.69) is 26.8 Å². The van der Waals surface area contributed by atoms with Gasteiger partial charge >= 0.3 is 0 Å². The minimum Gasteiger partial charge on any atom is -0.494 e. The van der Waals surface area contributed by atoms with Gasteiger partial charge in [-0.1, -0.05) is 32.4 Å². The van der Waals surface area contributed by atoms with Crippen molar-refractivity contribution < 1.29 is 69.6 Å². The van der Waals surface area contributed by atoms with Gasteiger partial charge in [-0.15, -0.1) is 0 Å². The summed E-state index contributed by atoms with van der Waals surface area (Å²) in [6.45, 7) is 8.14. The van der Waals surface area contributed by atoms with Crippen molar-refractivity contribution in [2.45, 2.75) is 159 Å². The first kappa shape index (κ1) is 40.0. The van der Waals surface area contributed by atoms with E-state index in [-0.39, 0.29) is 24.0 Å². The number of hydrogen-bond donors (Lipinski definition) is 9. The Morgan fingerprint density at radius 3 is 2.15 bits per heavy atom. The Hall–Kier alpha value is -1.24. The zero-order valence-electron chi connectivity index (χ0n) is 31.3. The zero-order valence-corrected chi connectivity index (χ0v) is 31.3. The lowest BCUT2D eigenvalue weighted by Gasteiger charge is -2.59. The molecule has 0 aromatic carbocycles. The summed E-state index contributed by atoms with van der Waals surface area (Å²) in [6.07, 6.45) is -5.52. The maximum atomic E-state index is 11.8. The summed E-state index contributed by atoms with van der Waals surface area (Å²) < 4.78 is 29.8. The Bertz CT molecular complexity index is 1370. The molecule has 3 saturated carbocycles. The van der Waals surface area contributed by atoms with E-state index >= 15 is 0 Å². The lowest BCUT2D eigenvalue weighted by atomic mass is 9.46. The molecule has 4 aliphatic carbocycles. The number of aliphatic hydroxyl groups is 9. The number of allylic oxidation sites excluding steroid dienone is 2. The molecule has 0 bridgehead atoms. The van der Waals surface area contributed by atoms with Crippen LogP contribution in [0.2, 0.25) is 0 Å². The van der Waals surface area contributed by atoms with Gasteiger partial charge in [-0.25, -0.2) is 0 Å². The summed E-state index contributed by atoms with van der Waals surface area (Å²) in [7, 11) is 0. The van der Waals surface area contributed by atoms with Crippen LogP contribution >= 0.6 is 0 Å². The molecule has 53 heavy (non-hydrogen) atoms. The second kappa shape index (κ2) is 15.3. The molecule has 0 amide bonds. The van der Waals surface area contributed by atoms with Gasteiger partial charge in [0.2, 0.25) is 0 Å². The molecule has 2 saturated heterocycles. The third kappa shape index (κ3) is 6.75. The maximum absolute atomic E-state index is 11.8. The Morgan fingerprint density at radius 1 is 0.849 bits per heavy atom. The fraction of sp³-hybridized carbons (Fsp3) is 0.897. The SMILES string of the molecule is CC1=C(CC[C@@H](C)CO[C@@H]2O[C@H](CO)[C@@H](O)[C@H](O)[C@H]2O)O[C@H]2C[C@H]3C4CC=C5C[C@H](O[C@@H]6O[C@H](CO)[C@@H](O)[C@H](O)[C@H]6O)C[C@@H](O)[C@]5(C)C4CC[C@]3(C)[C@@H]12. The normalized spacial score (nSPS) is 51.5. The highest BCUT2D eigenvalue weighted by atomic mass is 16.7. The molecule has 3 heterocycles. The fourth-order valence-corrected chi connectivity index (χ4v) is 11.7. The number of fused-ring (bicyclic) bond motifs is 7. The Balaban J connectivity index is 0.968. The number of hydrogen-bond acceptors (Lipinski definition) is 14. The summed E-state index contributed by atoms with van der Waals surface area (Å²) in [6, 6.07) is 0. The third-order valence-electron chi connectivity index (χ3n) is 14.8. The predicted molar refractivity (Wildman–Crippen MR) is 186 cm³/mol. The van der Waals surface area contributed by atoms with Gasteiger partial charge in [-0.05, 0) is 80.1 Å². The molecule has 7 rings (SSSR count). The Labute approximate surface area is 311 Å². The van der Waals surface area contributed by atoms with Crippen LogP contribution in [-0.2, 0) is 23.7 Å². The van der Waals surface area contributed by atoms with Gasteiger partial charge in [0, 0.05) is 24.2 Å². The van der Waals surface area contributed by atoms with E-state index < -0.39 is 92.2 Å². The van der Waals surface area contributed by atoms with E-state index in [9.17, 15) is 46.0 Å². The van der Waals surface area contributed by atoms with Crippen LogP contribution in [0.25, 0.3) is 0 Å². The first-order chi connectivity index (χ1) is 25.1. The number of aliphatic hydroxyl groups excluding tert-OH is 9. The van der Waals surface area contributed by atoms with E-state index in [0.717, 1.165) is 49.9 Å². The van der Waals surface area contributed by atoms with Gasteiger partial charge in [0.1, 0.15) is 54.9 Å². The highest BCUT2D eigenvalue weighted by Gasteiger charge is 2.65. The van der Waals surface area contributed by atoms with Crippen molar-refractivity contribution in [2.24, 2.45) is 40.4 Å². The average molecular weight is 755 g/mol. The van der Waals surface area contributed by atoms with E-state index in [4.69, 9.17) is 23.7 Å². The molecule has 0 aromatic heterocycles. The van der Waals surface area contributed by atoms with E-state index in [1.165, 1.54) is 5.57 Å². The molecule has 3 aliphatic heterocycles. The van der Waals surface area contributed by atoms with E-state index in [1.54, 1.807) is 0 Å². The summed E-state index contributed by atoms with van der Waals surface area (Å²) in [5.41, 5.74) is 2.14. The van der Waals surface area contributed by atoms with Crippen LogP contribution in [-0.4, -0.2) is 146 Å². The molecule has 14 heteroatoms. The Morgan fingerprint density at radius 2 is 1.49 bits per heavy atom. The van der Waals surface area contributed by atoms with Crippen LogP contribution in [0.15, 0.2) is 23.0 Å². The van der Waals surface area contributed by atoms with Crippen molar-refractivity contribution in [1.29, 1.82) is 0 Å². The van der Waals surface area contributed by atoms with Gasteiger partial charge in [0.15, 0.2) is 12.6 Å². The monoisotopic (exact) mass is 754 g/mol. The van der Waals surface area contributed by atoms with Crippen molar-refractivity contribution in [2.75, 3.05) is 19.8 Å². The second-order valence-corrected chi connectivity index (χ2v) is 17.7. The lowest BCUT2D eigenvalue weighted by Crippen LogP contribution is -2.60. The molecule has 5 fully saturated rings. The molecule has 0 spiro atoms. The molecular formula is C39H62O14. The summed E-state index contributed by atoms with van der Waals surface area (Å²) in [4.78, 5) is 0. The highest BCUT2D eigenvalue weighted by molar-refractivity contribution is 5.31. The number of ether oxygens (including phenoxy) is 5. The van der Waals surface area contributed by atoms with Crippen molar-refractivity contribution in [3.63, 3.8) is 0 Å². The van der Waals surface area contributed by atoms with E-state index in [1.807, 2.05) is 6.92 Å². The van der Waals surface area contributed by atoms with Gasteiger partial charge < -0.3 is 69.6 Å². The quantitative estimate of drug-likeness (QED) is 0.136. The Kier molecular flexibility index (Phi) is 11.5. The fourth-order valence-electron chi connectivity index (χ4n) is 11.7. The van der Waals surface area contributed by atoms with Gasteiger partial charge in [0.25, 0.3) is 0 Å². The first-order valence-electron chi connectivity index (χ1n) is 19.8. The highest BCUT2D eigenvalue weighted by Crippen LogP contribution is 2.69. The zero-order chi connectivity index (χ0) is 38.1. The minimum atomic E-state index is -1.52. The molecular weight excluding hydrogens is 692 g/mol. The van der Waals surface area contributed by atoms with Crippen LogP contribution in [0, 0.1) is 40.4 Å². The van der Waals surface area contributed by atoms with Crippen LogP contribution in [0.1, 0.15) is 79.1 Å². The standard InChI is InChI=1S/C39H62O14/c1-17(16-49-36-34(47)32(45)30(43)26(14-40)52-36)5-8-24-18(2)29-25(51-24)13-23-21-7-6-19-11-20(50-37-35(48)33(46)31(44)27(15-41)53-37)12-28(42)39(19,4)22(21)9-10-38(23,29)3/h6,17,20-23,25-37,40-48H,5,7-16H2,1-4H3/t17-,20+,21?,22?,23+,25+,26-,27-,28-,29+,30-,31-,32+,33+,34-,35-,36-,37-,38+,39+/m1/s1. The molecule has 14 nitrogen and oxygen atoms in total. The second-order valence-electron chi connectivity index (χ2n) is 17.7. The smallest absolute Gasteiger partial charge is 0.186 e. The van der Waals surface area contributed by atoms with Crippen molar-refractivity contribution in [1.82, 2.24) is 0 Å². The minimum absolute atomic E-state index is 0.0750. The molecule has 0 radical (unpaired) electrons. The maximum Gasteiger partial charge on any atom is 0.186 e. The van der Waals surface area contributed by atoms with Crippen LogP contribution in [0.4, 0.5) is 0 Å². The van der Waals surface area contributed by atoms with Crippen molar-refractivity contribution in [3.05, 3.63) is 23.0 Å². The summed E-state index contributed by atoms with van der Waals surface area (Å²) in [5, 5.41) is 92.3. The van der Waals surface area contributed by atoms with Gasteiger partial charge in [0.05, 0.1) is 37.8 Å². The summed E-state index contributed by atoms with van der Waals surface area (Å²) >= 11 is 0. The molecule has 0 aromatic rings. The molecule has 302 valence electrons. The predicted octanol–water partition coefficient (Wildman–Crippen LogP) is 0.237.